The number of para-hydroxylation sites is 2. The van der Waals surface area contributed by atoms with Crippen LogP contribution in [0.2, 0.25) is 0 Å². The van der Waals surface area contributed by atoms with Crippen LogP contribution in [0, 0.1) is 5.82 Å². The van der Waals surface area contributed by atoms with Crippen LogP contribution < -0.4 is 10.6 Å². The topological polar surface area (TPSA) is 76.0 Å². The van der Waals surface area contributed by atoms with E-state index >= 15 is 0 Å². The lowest BCUT2D eigenvalue weighted by Crippen LogP contribution is -2.30. The molecule has 0 aliphatic carbocycles. The molecule has 3 aromatic carbocycles. The lowest BCUT2D eigenvalue weighted by atomic mass is 10.1. The van der Waals surface area contributed by atoms with Gasteiger partial charge >= 0.3 is 0 Å². The largest absolute Gasteiger partial charge is 0.344 e. The maximum absolute atomic E-state index is 13.5. The van der Waals surface area contributed by atoms with Crippen molar-refractivity contribution in [3.05, 3.63) is 102 Å². The van der Waals surface area contributed by atoms with E-state index in [1.807, 2.05) is 41.0 Å². The van der Waals surface area contributed by atoms with Gasteiger partial charge < -0.3 is 15.2 Å². The number of halogens is 1. The fourth-order valence-corrected chi connectivity index (χ4v) is 3.55. The van der Waals surface area contributed by atoms with Gasteiger partial charge in [0.15, 0.2) is 0 Å². The smallest absolute Gasteiger partial charge is 0.244 e. The number of rotatable bonds is 7. The summed E-state index contributed by atoms with van der Waals surface area (Å²) in [5, 5.41) is 5.71. The fraction of sp³-hybridized carbons (Fsp3) is 0.115. The highest BCUT2D eigenvalue weighted by Crippen LogP contribution is 2.20. The third-order valence-corrected chi connectivity index (χ3v) is 5.15. The van der Waals surface area contributed by atoms with Crippen LogP contribution >= 0.6 is 0 Å². The molecule has 0 saturated carbocycles. The number of imidazole rings is 1. The molecule has 7 heteroatoms. The Bertz CT molecular complexity index is 1290. The van der Waals surface area contributed by atoms with Gasteiger partial charge in [-0.3, -0.25) is 9.59 Å². The Morgan fingerprint density at radius 1 is 1.03 bits per heavy atom. The minimum Gasteiger partial charge on any atom is -0.344 e. The van der Waals surface area contributed by atoms with Crippen molar-refractivity contribution in [2.24, 2.45) is 0 Å². The molecule has 2 N–H and O–H groups in total. The number of benzene rings is 3. The highest BCUT2D eigenvalue weighted by Gasteiger charge is 2.16. The Labute approximate surface area is 190 Å². The van der Waals surface area contributed by atoms with Crippen LogP contribution in [0.1, 0.15) is 24.1 Å². The summed E-state index contributed by atoms with van der Waals surface area (Å²) < 4.78 is 15.4. The molecule has 0 radical (unpaired) electrons. The Morgan fingerprint density at radius 2 is 1.76 bits per heavy atom. The van der Waals surface area contributed by atoms with Gasteiger partial charge in [-0.1, -0.05) is 36.4 Å². The van der Waals surface area contributed by atoms with Gasteiger partial charge in [-0.25, -0.2) is 9.37 Å². The van der Waals surface area contributed by atoms with E-state index in [2.05, 4.69) is 15.6 Å². The zero-order valence-electron chi connectivity index (χ0n) is 18.0. The Kier molecular flexibility index (Phi) is 6.59. The van der Waals surface area contributed by atoms with Gasteiger partial charge in [0.25, 0.3) is 0 Å². The summed E-state index contributed by atoms with van der Waals surface area (Å²) in [5.41, 5.74) is 4.11. The summed E-state index contributed by atoms with van der Waals surface area (Å²) in [4.78, 5) is 28.3. The Balaban J connectivity index is 1.51. The summed E-state index contributed by atoms with van der Waals surface area (Å²) in [6, 6.07) is 20.6. The van der Waals surface area contributed by atoms with Crippen LogP contribution in [0.3, 0.4) is 0 Å². The summed E-state index contributed by atoms with van der Waals surface area (Å²) in [6.45, 7) is 1.89. The van der Waals surface area contributed by atoms with Gasteiger partial charge in [-0.2, -0.15) is 0 Å². The molecule has 0 saturated heterocycles. The second kappa shape index (κ2) is 9.91. The maximum Gasteiger partial charge on any atom is 0.244 e. The third kappa shape index (κ3) is 5.71. The van der Waals surface area contributed by atoms with E-state index in [-0.39, 0.29) is 23.7 Å². The zero-order valence-corrected chi connectivity index (χ0v) is 18.0. The standard InChI is InChI=1S/C26H23FN4O2/c1-18(32)29-22-13-6-19(7-14-22)8-15-26(33)30-24(20-9-11-21(27)12-10-20)16-31-17-28-23-4-2-3-5-25(23)31/h2-15,17,24H,16H2,1H3,(H,29,32)(H,30,33). The first kappa shape index (κ1) is 22.0. The molecule has 6 nitrogen and oxygen atoms in total. The first-order valence-corrected chi connectivity index (χ1v) is 10.5. The average molecular weight is 442 g/mol. The van der Waals surface area contributed by atoms with E-state index in [1.54, 1.807) is 36.7 Å². The molecule has 1 aromatic heterocycles. The summed E-state index contributed by atoms with van der Waals surface area (Å²) in [5.74, 6) is -0.755. The second-order valence-electron chi connectivity index (χ2n) is 7.63. The zero-order chi connectivity index (χ0) is 23.2. The van der Waals surface area contributed by atoms with E-state index < -0.39 is 0 Å². The van der Waals surface area contributed by atoms with Crippen molar-refractivity contribution in [2.45, 2.75) is 19.5 Å². The van der Waals surface area contributed by atoms with Crippen molar-refractivity contribution in [3.8, 4) is 0 Å². The third-order valence-electron chi connectivity index (χ3n) is 5.15. The number of anilines is 1. The number of carbonyl (C=O) groups is 2. The van der Waals surface area contributed by atoms with Crippen molar-refractivity contribution in [1.82, 2.24) is 14.9 Å². The van der Waals surface area contributed by atoms with Crippen molar-refractivity contribution in [2.75, 3.05) is 5.32 Å². The van der Waals surface area contributed by atoms with Crippen molar-refractivity contribution >= 4 is 34.6 Å². The number of hydrogen-bond donors (Lipinski definition) is 2. The van der Waals surface area contributed by atoms with Gasteiger partial charge in [0, 0.05) is 25.2 Å². The first-order valence-electron chi connectivity index (χ1n) is 10.5. The summed E-state index contributed by atoms with van der Waals surface area (Å²) >= 11 is 0. The molecule has 1 heterocycles. The lowest BCUT2D eigenvalue weighted by Gasteiger charge is -2.19. The average Bonchev–Trinajstić information content (AvgIpc) is 3.21. The minimum absolute atomic E-state index is 0.143. The maximum atomic E-state index is 13.5. The van der Waals surface area contributed by atoms with E-state index in [9.17, 15) is 14.0 Å². The number of fused-ring (bicyclic) bond motifs is 1. The SMILES string of the molecule is CC(=O)Nc1ccc(C=CC(=O)NC(Cn2cnc3ccccc32)c2ccc(F)cc2)cc1. The molecule has 4 aromatic rings. The predicted molar refractivity (Wildman–Crippen MR) is 127 cm³/mol. The van der Waals surface area contributed by atoms with Gasteiger partial charge in [0.05, 0.1) is 23.4 Å². The first-order chi connectivity index (χ1) is 16.0. The molecule has 0 aliphatic rings. The fourth-order valence-electron chi connectivity index (χ4n) is 3.55. The molecule has 0 fully saturated rings. The number of amides is 2. The molecule has 0 aliphatic heterocycles. The molecule has 0 bridgehead atoms. The van der Waals surface area contributed by atoms with Crippen LogP contribution in [0.5, 0.6) is 0 Å². The van der Waals surface area contributed by atoms with Crippen LogP contribution in [-0.4, -0.2) is 21.4 Å². The monoisotopic (exact) mass is 442 g/mol. The molecule has 0 spiro atoms. The number of nitrogens with zero attached hydrogens (tertiary/aromatic N) is 2. The molecule has 33 heavy (non-hydrogen) atoms. The van der Waals surface area contributed by atoms with Crippen LogP contribution in [0.4, 0.5) is 10.1 Å². The molecule has 2 amide bonds. The van der Waals surface area contributed by atoms with Crippen molar-refractivity contribution in [3.63, 3.8) is 0 Å². The molecule has 166 valence electrons. The summed E-state index contributed by atoms with van der Waals surface area (Å²) in [6.07, 6.45) is 4.89. The summed E-state index contributed by atoms with van der Waals surface area (Å²) in [7, 11) is 0. The van der Waals surface area contributed by atoms with E-state index in [4.69, 9.17) is 0 Å². The molecule has 4 rings (SSSR count). The van der Waals surface area contributed by atoms with E-state index in [1.165, 1.54) is 25.1 Å². The van der Waals surface area contributed by atoms with Crippen molar-refractivity contribution in [1.29, 1.82) is 0 Å². The van der Waals surface area contributed by atoms with Gasteiger partial charge in [-0.15, -0.1) is 0 Å². The minimum atomic E-state index is -0.387. The number of aromatic nitrogens is 2. The van der Waals surface area contributed by atoms with Crippen LogP contribution in [0.15, 0.2) is 85.2 Å². The van der Waals surface area contributed by atoms with E-state index in [0.29, 0.717) is 12.2 Å². The molecule has 1 unspecified atom stereocenters. The molecule has 1 atom stereocenters. The highest BCUT2D eigenvalue weighted by atomic mass is 19.1. The molecular weight excluding hydrogens is 419 g/mol. The van der Waals surface area contributed by atoms with Crippen LogP contribution in [0.25, 0.3) is 17.1 Å². The number of nitrogens with one attached hydrogen (secondary N) is 2. The van der Waals surface area contributed by atoms with Gasteiger partial charge in [0.1, 0.15) is 5.82 Å². The van der Waals surface area contributed by atoms with Crippen molar-refractivity contribution < 1.29 is 14.0 Å². The quantitative estimate of drug-likeness (QED) is 0.407. The highest BCUT2D eigenvalue weighted by molar-refractivity contribution is 5.92. The normalized spacial score (nSPS) is 12.1. The number of carbonyl (C=O) groups excluding carboxylic acids is 2. The van der Waals surface area contributed by atoms with Crippen LogP contribution in [-0.2, 0) is 16.1 Å². The Morgan fingerprint density at radius 3 is 2.48 bits per heavy atom. The van der Waals surface area contributed by atoms with Gasteiger partial charge in [-0.05, 0) is 53.6 Å². The lowest BCUT2D eigenvalue weighted by molar-refractivity contribution is -0.117. The second-order valence-corrected chi connectivity index (χ2v) is 7.63. The Hall–Kier alpha value is -4.26. The molecular formula is C26H23FN4O2. The predicted octanol–water partition coefficient (Wildman–Crippen LogP) is 4.70. The van der Waals surface area contributed by atoms with E-state index in [0.717, 1.165) is 22.2 Å². The number of hydrogen-bond acceptors (Lipinski definition) is 3. The van der Waals surface area contributed by atoms with Gasteiger partial charge in [0.2, 0.25) is 11.8 Å².